The number of aliphatic hydroxyl groups is 1. The van der Waals surface area contributed by atoms with Gasteiger partial charge in [0.25, 0.3) is 5.91 Å². The zero-order valence-corrected chi connectivity index (χ0v) is 15.0. The summed E-state index contributed by atoms with van der Waals surface area (Å²) in [6.45, 7) is 2.40. The van der Waals surface area contributed by atoms with Gasteiger partial charge in [0, 0.05) is 26.2 Å². The highest BCUT2D eigenvalue weighted by Crippen LogP contribution is 2.21. The Bertz CT molecular complexity index is 656. The summed E-state index contributed by atoms with van der Waals surface area (Å²) >= 11 is 0. The summed E-state index contributed by atoms with van der Waals surface area (Å²) in [4.78, 5) is 14.0. The summed E-state index contributed by atoms with van der Waals surface area (Å²) in [5.74, 6) is 0.422. The van der Waals surface area contributed by atoms with Gasteiger partial charge in [-0.3, -0.25) is 9.69 Å². The Hall–Kier alpha value is -2.02. The van der Waals surface area contributed by atoms with Crippen LogP contribution in [0.25, 0.3) is 0 Å². The fraction of sp³-hybridized carbons (Fsp3) is 0.316. The van der Waals surface area contributed by atoms with Gasteiger partial charge in [0.1, 0.15) is 5.75 Å². The van der Waals surface area contributed by atoms with Crippen LogP contribution in [0.4, 0.5) is 0 Å². The summed E-state index contributed by atoms with van der Waals surface area (Å²) < 4.78 is 5.37. The first-order valence-electron chi connectivity index (χ1n) is 8.12. The number of benzene rings is 2. The summed E-state index contributed by atoms with van der Waals surface area (Å²) in [7, 11) is 0. The topological polar surface area (TPSA) is 61.8 Å². The molecule has 5 nitrogen and oxygen atoms in total. The van der Waals surface area contributed by atoms with E-state index < -0.39 is 6.10 Å². The molecule has 0 saturated carbocycles. The van der Waals surface area contributed by atoms with Gasteiger partial charge < -0.3 is 15.2 Å². The van der Waals surface area contributed by atoms with Gasteiger partial charge in [0.05, 0.1) is 6.10 Å². The molecule has 0 bridgehead atoms. The molecule has 0 saturated heterocycles. The molecule has 0 aliphatic carbocycles. The van der Waals surface area contributed by atoms with E-state index in [1.807, 2.05) is 30.3 Å². The minimum Gasteiger partial charge on any atom is -0.484 e. The van der Waals surface area contributed by atoms with E-state index in [1.165, 1.54) is 11.1 Å². The molecule has 1 amide bonds. The van der Waals surface area contributed by atoms with Gasteiger partial charge in [0.15, 0.2) is 6.61 Å². The second-order valence-electron chi connectivity index (χ2n) is 6.00. The number of amides is 1. The third-order valence-electron chi connectivity index (χ3n) is 4.02. The van der Waals surface area contributed by atoms with Crippen molar-refractivity contribution in [1.82, 2.24) is 10.2 Å². The zero-order valence-electron chi connectivity index (χ0n) is 14.0. The highest BCUT2D eigenvalue weighted by atomic mass is 32.1. The van der Waals surface area contributed by atoms with Gasteiger partial charge in [0.2, 0.25) is 0 Å². The number of hydrogen-bond acceptors (Lipinski definition) is 4. The fourth-order valence-corrected chi connectivity index (χ4v) is 2.84. The van der Waals surface area contributed by atoms with E-state index in [-0.39, 0.29) is 32.6 Å². The number of para-hydroxylation sites is 1. The average molecular weight is 360 g/mol. The Balaban J connectivity index is 0.00000225. The maximum absolute atomic E-state index is 11.8. The van der Waals surface area contributed by atoms with Crippen molar-refractivity contribution in [2.75, 3.05) is 19.7 Å². The van der Waals surface area contributed by atoms with Crippen LogP contribution >= 0.6 is 13.5 Å². The molecular weight excluding hydrogens is 336 g/mol. The fourth-order valence-electron chi connectivity index (χ4n) is 2.84. The molecular formula is C19H24N2O3S. The molecule has 3 rings (SSSR count). The Morgan fingerprint density at radius 2 is 1.68 bits per heavy atom. The molecule has 0 spiro atoms. The Morgan fingerprint density at radius 1 is 1.08 bits per heavy atom. The molecule has 25 heavy (non-hydrogen) atoms. The molecule has 134 valence electrons. The number of β-amino-alcohol motifs (C(OH)–C–C–N with tert-alkyl or cyclic N) is 1. The molecule has 1 atom stereocenters. The normalized spacial score (nSPS) is 14.3. The van der Waals surface area contributed by atoms with Crippen molar-refractivity contribution in [3.8, 4) is 5.75 Å². The van der Waals surface area contributed by atoms with Gasteiger partial charge in [-0.15, -0.1) is 0 Å². The summed E-state index contributed by atoms with van der Waals surface area (Å²) in [6, 6.07) is 17.5. The largest absolute Gasteiger partial charge is 0.484 e. The predicted molar refractivity (Wildman–Crippen MR) is 102 cm³/mol. The smallest absolute Gasteiger partial charge is 0.258 e. The van der Waals surface area contributed by atoms with Gasteiger partial charge in [-0.25, -0.2) is 0 Å². The number of aliphatic hydroxyl groups excluding tert-OH is 1. The molecule has 2 N–H and O–H groups in total. The van der Waals surface area contributed by atoms with E-state index in [4.69, 9.17) is 4.74 Å². The number of fused-ring (bicyclic) bond motifs is 1. The van der Waals surface area contributed by atoms with E-state index in [2.05, 4.69) is 22.3 Å². The number of hydrogen-bond donors (Lipinski definition) is 2. The molecule has 1 aliphatic rings. The highest BCUT2D eigenvalue weighted by molar-refractivity contribution is 7.59. The molecule has 2 aromatic rings. The third-order valence-corrected chi connectivity index (χ3v) is 4.02. The lowest BCUT2D eigenvalue weighted by Crippen LogP contribution is -2.40. The molecule has 0 radical (unpaired) electrons. The van der Waals surface area contributed by atoms with Crippen molar-refractivity contribution in [3.05, 3.63) is 65.7 Å². The minimum absolute atomic E-state index is 0. The molecule has 0 fully saturated rings. The van der Waals surface area contributed by atoms with Gasteiger partial charge >= 0.3 is 0 Å². The number of rotatable bonds is 7. The van der Waals surface area contributed by atoms with E-state index in [0.29, 0.717) is 12.3 Å². The number of carbonyl (C=O) groups excluding carboxylic acids is 1. The summed E-state index contributed by atoms with van der Waals surface area (Å²) in [6.07, 6.45) is -0.597. The van der Waals surface area contributed by atoms with Crippen LogP contribution in [0.1, 0.15) is 11.1 Å². The van der Waals surface area contributed by atoms with Crippen LogP contribution in [0.15, 0.2) is 54.6 Å². The van der Waals surface area contributed by atoms with Crippen LogP contribution in [0.3, 0.4) is 0 Å². The standard InChI is InChI=1S/C19H22N2O3.H2S/c22-17(13-21-11-15-6-4-5-7-16(15)12-21)10-20-19(23)14-24-18-8-2-1-3-9-18;/h1-9,17,22H,10-14H2,(H,20,23);1H2/t17-;/m0./s1. The molecule has 6 heteroatoms. The minimum atomic E-state index is -0.597. The number of carbonyl (C=O) groups is 1. The first-order valence-corrected chi connectivity index (χ1v) is 8.12. The van der Waals surface area contributed by atoms with Crippen molar-refractivity contribution in [3.63, 3.8) is 0 Å². The monoisotopic (exact) mass is 360 g/mol. The molecule has 0 unspecified atom stereocenters. The first kappa shape index (κ1) is 19.3. The summed E-state index contributed by atoms with van der Waals surface area (Å²) in [5, 5.41) is 12.8. The van der Waals surface area contributed by atoms with E-state index in [0.717, 1.165) is 13.1 Å². The average Bonchev–Trinajstić information content (AvgIpc) is 3.01. The van der Waals surface area contributed by atoms with Crippen molar-refractivity contribution in [2.45, 2.75) is 19.2 Å². The molecule has 0 aromatic heterocycles. The van der Waals surface area contributed by atoms with Gasteiger partial charge in [-0.2, -0.15) is 13.5 Å². The van der Waals surface area contributed by atoms with Crippen molar-refractivity contribution in [2.24, 2.45) is 0 Å². The summed E-state index contributed by atoms with van der Waals surface area (Å²) in [5.41, 5.74) is 2.62. The van der Waals surface area contributed by atoms with Crippen LogP contribution in [-0.4, -0.2) is 41.7 Å². The Morgan fingerprint density at radius 3 is 2.32 bits per heavy atom. The maximum Gasteiger partial charge on any atom is 0.258 e. The Labute approximate surface area is 155 Å². The number of nitrogens with one attached hydrogen (secondary N) is 1. The lowest BCUT2D eigenvalue weighted by Gasteiger charge is -2.19. The first-order chi connectivity index (χ1) is 11.7. The van der Waals surface area contributed by atoms with E-state index in [1.54, 1.807) is 12.1 Å². The van der Waals surface area contributed by atoms with Crippen molar-refractivity contribution >= 4 is 19.4 Å². The lowest BCUT2D eigenvalue weighted by atomic mass is 10.1. The van der Waals surface area contributed by atoms with Crippen LogP contribution in [0.5, 0.6) is 5.75 Å². The van der Waals surface area contributed by atoms with Crippen LogP contribution < -0.4 is 10.1 Å². The number of nitrogens with zero attached hydrogens (tertiary/aromatic N) is 1. The van der Waals surface area contributed by atoms with Crippen LogP contribution in [-0.2, 0) is 17.9 Å². The second kappa shape index (κ2) is 9.46. The SMILES string of the molecule is O=C(COc1ccccc1)NC[C@H](O)CN1Cc2ccccc2C1.S. The zero-order chi connectivity index (χ0) is 16.8. The maximum atomic E-state index is 11.8. The van der Waals surface area contributed by atoms with Gasteiger partial charge in [-0.05, 0) is 23.3 Å². The molecule has 1 heterocycles. The predicted octanol–water partition coefficient (Wildman–Crippen LogP) is 1.67. The van der Waals surface area contributed by atoms with Crippen LogP contribution in [0.2, 0.25) is 0 Å². The van der Waals surface area contributed by atoms with Crippen molar-refractivity contribution in [1.29, 1.82) is 0 Å². The lowest BCUT2D eigenvalue weighted by molar-refractivity contribution is -0.123. The van der Waals surface area contributed by atoms with E-state index in [9.17, 15) is 9.90 Å². The quantitative estimate of drug-likeness (QED) is 0.789. The van der Waals surface area contributed by atoms with Gasteiger partial charge in [-0.1, -0.05) is 42.5 Å². The van der Waals surface area contributed by atoms with Crippen LogP contribution in [0, 0.1) is 0 Å². The second-order valence-corrected chi connectivity index (χ2v) is 6.00. The van der Waals surface area contributed by atoms with Crippen molar-refractivity contribution < 1.29 is 14.6 Å². The Kier molecular flexibility index (Phi) is 7.31. The molecule has 2 aromatic carbocycles. The third kappa shape index (κ3) is 5.77. The van der Waals surface area contributed by atoms with E-state index >= 15 is 0 Å². The highest BCUT2D eigenvalue weighted by Gasteiger charge is 2.20. The molecule has 1 aliphatic heterocycles. The number of ether oxygens (including phenoxy) is 1.